The summed E-state index contributed by atoms with van der Waals surface area (Å²) in [5, 5.41) is 0. The van der Waals surface area contributed by atoms with Gasteiger partial charge in [-0.25, -0.2) is 0 Å². The summed E-state index contributed by atoms with van der Waals surface area (Å²) >= 11 is 0. The third kappa shape index (κ3) is 4.65. The van der Waals surface area contributed by atoms with E-state index < -0.39 is 0 Å². The van der Waals surface area contributed by atoms with Crippen LogP contribution in [0.4, 0.5) is 0 Å². The molecule has 0 heterocycles. The Balaban J connectivity index is 2.04. The fourth-order valence-corrected chi connectivity index (χ4v) is 1.23. The van der Waals surface area contributed by atoms with Crippen molar-refractivity contribution in [1.82, 2.24) is 0 Å². The first-order valence-corrected chi connectivity index (χ1v) is 4.89. The standard InChI is InChI=1S/C10H16O3/c1-2-13-10(12)7-9(11)6-5-8-3-4-8/h8H,2-7H2,1H3. The van der Waals surface area contributed by atoms with E-state index >= 15 is 0 Å². The van der Waals surface area contributed by atoms with Crippen molar-refractivity contribution in [3.05, 3.63) is 0 Å². The number of esters is 1. The molecule has 0 spiro atoms. The largest absolute Gasteiger partial charge is 0.466 e. The van der Waals surface area contributed by atoms with Crippen LogP contribution in [-0.2, 0) is 14.3 Å². The van der Waals surface area contributed by atoms with Gasteiger partial charge < -0.3 is 4.74 Å². The minimum absolute atomic E-state index is 0.0188. The summed E-state index contributed by atoms with van der Waals surface area (Å²) in [6.45, 7) is 2.10. The number of rotatable bonds is 6. The maximum atomic E-state index is 11.2. The molecule has 0 radical (unpaired) electrons. The molecule has 0 aromatic carbocycles. The first-order chi connectivity index (χ1) is 6.22. The molecule has 0 aromatic heterocycles. The van der Waals surface area contributed by atoms with E-state index in [1.54, 1.807) is 6.92 Å². The van der Waals surface area contributed by atoms with Gasteiger partial charge in [0.25, 0.3) is 0 Å². The van der Waals surface area contributed by atoms with Crippen LogP contribution in [0.2, 0.25) is 0 Å². The Bertz CT molecular complexity index is 194. The molecule has 0 atom stereocenters. The first kappa shape index (κ1) is 10.2. The number of Topliss-reactive ketones (excluding diaryl/α,β-unsaturated/α-hetero) is 1. The van der Waals surface area contributed by atoms with Gasteiger partial charge in [0.2, 0.25) is 0 Å². The Morgan fingerprint density at radius 2 is 2.08 bits per heavy atom. The van der Waals surface area contributed by atoms with Gasteiger partial charge in [0.1, 0.15) is 12.2 Å². The smallest absolute Gasteiger partial charge is 0.313 e. The van der Waals surface area contributed by atoms with Crippen LogP contribution in [0.5, 0.6) is 0 Å². The van der Waals surface area contributed by atoms with Gasteiger partial charge in [0.05, 0.1) is 6.61 Å². The van der Waals surface area contributed by atoms with Gasteiger partial charge in [0.15, 0.2) is 0 Å². The summed E-state index contributed by atoms with van der Waals surface area (Å²) in [5.41, 5.74) is 0. The predicted molar refractivity (Wildman–Crippen MR) is 48.2 cm³/mol. The van der Waals surface area contributed by atoms with Gasteiger partial charge in [0, 0.05) is 6.42 Å². The molecule has 0 saturated heterocycles. The number of hydrogen-bond donors (Lipinski definition) is 0. The van der Waals surface area contributed by atoms with Crippen molar-refractivity contribution in [1.29, 1.82) is 0 Å². The van der Waals surface area contributed by atoms with Crippen molar-refractivity contribution >= 4 is 11.8 Å². The molecule has 0 unspecified atom stereocenters. The van der Waals surface area contributed by atoms with Gasteiger partial charge in [-0.2, -0.15) is 0 Å². The molecule has 0 amide bonds. The van der Waals surface area contributed by atoms with Crippen molar-refractivity contribution < 1.29 is 14.3 Å². The normalized spacial score (nSPS) is 15.5. The van der Waals surface area contributed by atoms with Crippen LogP contribution < -0.4 is 0 Å². The van der Waals surface area contributed by atoms with Gasteiger partial charge in [-0.3, -0.25) is 9.59 Å². The Kier molecular flexibility index (Phi) is 3.93. The van der Waals surface area contributed by atoms with Gasteiger partial charge in [-0.1, -0.05) is 12.8 Å². The SMILES string of the molecule is CCOC(=O)CC(=O)CCC1CC1. The zero-order valence-corrected chi connectivity index (χ0v) is 8.04. The molecule has 1 aliphatic carbocycles. The number of carbonyl (C=O) groups is 2. The summed E-state index contributed by atoms with van der Waals surface area (Å²) in [4.78, 5) is 22.0. The van der Waals surface area contributed by atoms with E-state index in [4.69, 9.17) is 0 Å². The molecule has 1 rings (SSSR count). The molecule has 13 heavy (non-hydrogen) atoms. The minimum atomic E-state index is -0.386. The van der Waals surface area contributed by atoms with Gasteiger partial charge >= 0.3 is 5.97 Å². The predicted octanol–water partition coefficient (Wildman–Crippen LogP) is 1.70. The lowest BCUT2D eigenvalue weighted by Crippen LogP contribution is -2.11. The highest BCUT2D eigenvalue weighted by Gasteiger charge is 2.22. The lowest BCUT2D eigenvalue weighted by molar-refractivity contribution is -0.145. The molecule has 0 bridgehead atoms. The highest BCUT2D eigenvalue weighted by molar-refractivity contribution is 5.95. The van der Waals surface area contributed by atoms with Crippen molar-refractivity contribution in [3.63, 3.8) is 0 Å². The van der Waals surface area contributed by atoms with E-state index in [-0.39, 0.29) is 18.2 Å². The van der Waals surface area contributed by atoms with Crippen LogP contribution in [0.25, 0.3) is 0 Å². The van der Waals surface area contributed by atoms with Crippen molar-refractivity contribution in [2.75, 3.05) is 6.61 Å². The fourth-order valence-electron chi connectivity index (χ4n) is 1.23. The molecular formula is C10H16O3. The Morgan fingerprint density at radius 1 is 1.38 bits per heavy atom. The summed E-state index contributed by atoms with van der Waals surface area (Å²) in [5.74, 6) is 0.389. The highest BCUT2D eigenvalue weighted by Crippen LogP contribution is 2.33. The van der Waals surface area contributed by atoms with Crippen LogP contribution in [0, 0.1) is 5.92 Å². The summed E-state index contributed by atoms with van der Waals surface area (Å²) in [6.07, 6.45) is 3.97. The van der Waals surface area contributed by atoms with Crippen LogP contribution in [-0.4, -0.2) is 18.4 Å². The van der Waals surface area contributed by atoms with Crippen molar-refractivity contribution in [2.24, 2.45) is 5.92 Å². The van der Waals surface area contributed by atoms with Crippen LogP contribution in [0.3, 0.4) is 0 Å². The fraction of sp³-hybridized carbons (Fsp3) is 0.800. The van der Waals surface area contributed by atoms with Crippen LogP contribution in [0.15, 0.2) is 0 Å². The molecule has 1 saturated carbocycles. The lowest BCUT2D eigenvalue weighted by Gasteiger charge is -2.00. The zero-order valence-electron chi connectivity index (χ0n) is 8.04. The van der Waals surface area contributed by atoms with Gasteiger partial charge in [-0.15, -0.1) is 0 Å². The minimum Gasteiger partial charge on any atom is -0.466 e. The average molecular weight is 184 g/mol. The second kappa shape index (κ2) is 5.00. The Hall–Kier alpha value is -0.860. The molecule has 1 fully saturated rings. The molecular weight excluding hydrogens is 168 g/mol. The number of carbonyl (C=O) groups excluding carboxylic acids is 2. The molecule has 1 aliphatic rings. The first-order valence-electron chi connectivity index (χ1n) is 4.89. The van der Waals surface area contributed by atoms with Crippen LogP contribution in [0.1, 0.15) is 39.0 Å². The van der Waals surface area contributed by atoms with E-state index in [1.165, 1.54) is 12.8 Å². The van der Waals surface area contributed by atoms with E-state index in [0.29, 0.717) is 13.0 Å². The van der Waals surface area contributed by atoms with E-state index in [9.17, 15) is 9.59 Å². The van der Waals surface area contributed by atoms with E-state index in [0.717, 1.165) is 12.3 Å². The van der Waals surface area contributed by atoms with E-state index in [1.807, 2.05) is 0 Å². The molecule has 0 N–H and O–H groups in total. The van der Waals surface area contributed by atoms with Crippen molar-refractivity contribution in [3.8, 4) is 0 Å². The monoisotopic (exact) mass is 184 g/mol. The van der Waals surface area contributed by atoms with Gasteiger partial charge in [-0.05, 0) is 19.3 Å². The Morgan fingerprint density at radius 3 is 2.62 bits per heavy atom. The summed E-state index contributed by atoms with van der Waals surface area (Å²) in [7, 11) is 0. The Labute approximate surface area is 78.5 Å². The lowest BCUT2D eigenvalue weighted by atomic mass is 10.1. The molecule has 0 aromatic rings. The molecule has 3 nitrogen and oxygen atoms in total. The quantitative estimate of drug-likeness (QED) is 0.466. The second-order valence-electron chi connectivity index (χ2n) is 3.50. The van der Waals surface area contributed by atoms with Crippen molar-refractivity contribution in [2.45, 2.75) is 39.0 Å². The molecule has 3 heteroatoms. The maximum Gasteiger partial charge on any atom is 0.313 e. The number of ketones is 1. The second-order valence-corrected chi connectivity index (χ2v) is 3.50. The zero-order chi connectivity index (χ0) is 9.68. The number of ether oxygens (including phenoxy) is 1. The topological polar surface area (TPSA) is 43.4 Å². The summed E-state index contributed by atoms with van der Waals surface area (Å²) < 4.78 is 4.68. The van der Waals surface area contributed by atoms with E-state index in [2.05, 4.69) is 4.74 Å². The highest BCUT2D eigenvalue weighted by atomic mass is 16.5. The third-order valence-corrected chi connectivity index (χ3v) is 2.18. The van der Waals surface area contributed by atoms with Crippen LogP contribution >= 0.6 is 0 Å². The molecule has 74 valence electrons. The number of hydrogen-bond acceptors (Lipinski definition) is 3. The average Bonchev–Trinajstić information content (AvgIpc) is 2.84. The molecule has 0 aliphatic heterocycles. The third-order valence-electron chi connectivity index (χ3n) is 2.18. The maximum absolute atomic E-state index is 11.2. The summed E-state index contributed by atoms with van der Waals surface area (Å²) in [6, 6.07) is 0.